The maximum absolute atomic E-state index is 13.7. The summed E-state index contributed by atoms with van der Waals surface area (Å²) in [5, 5.41) is 0. The summed E-state index contributed by atoms with van der Waals surface area (Å²) in [5.74, 6) is -2.77. The van der Waals surface area contributed by atoms with E-state index in [4.69, 9.17) is 5.73 Å². The average molecular weight is 334 g/mol. The predicted octanol–water partition coefficient (Wildman–Crippen LogP) is 3.17. The molecule has 0 saturated carbocycles. The SMILES string of the molecule is CCOC(=O)C(F)[C@@H](N)c1c(F)cccc1C(F)(F)F.Cl. The van der Waals surface area contributed by atoms with Crippen LogP contribution in [0.4, 0.5) is 22.0 Å². The number of esters is 1. The number of halogens is 6. The Bertz CT molecular complexity index is 495. The highest BCUT2D eigenvalue weighted by molar-refractivity contribution is 5.85. The third-order valence-electron chi connectivity index (χ3n) is 2.52. The highest BCUT2D eigenvalue weighted by Gasteiger charge is 2.39. The molecular weight excluding hydrogens is 321 g/mol. The number of hydrogen-bond acceptors (Lipinski definition) is 3. The lowest BCUT2D eigenvalue weighted by Gasteiger charge is -2.20. The van der Waals surface area contributed by atoms with Crippen molar-refractivity contribution in [3.05, 3.63) is 35.1 Å². The number of rotatable bonds is 4. The first-order valence-corrected chi connectivity index (χ1v) is 5.62. The van der Waals surface area contributed by atoms with E-state index in [0.29, 0.717) is 12.1 Å². The van der Waals surface area contributed by atoms with E-state index in [9.17, 15) is 26.7 Å². The van der Waals surface area contributed by atoms with Gasteiger partial charge in [0.2, 0.25) is 6.17 Å². The normalized spacial score (nSPS) is 14.0. The number of alkyl halides is 4. The maximum atomic E-state index is 13.7. The molecule has 2 N–H and O–H groups in total. The van der Waals surface area contributed by atoms with Gasteiger partial charge in [-0.1, -0.05) is 6.07 Å². The van der Waals surface area contributed by atoms with Crippen LogP contribution in [0.1, 0.15) is 24.1 Å². The molecule has 0 heterocycles. The molecule has 0 aliphatic carbocycles. The van der Waals surface area contributed by atoms with Crippen LogP contribution in [-0.4, -0.2) is 18.7 Å². The number of benzene rings is 1. The largest absolute Gasteiger partial charge is 0.464 e. The molecule has 120 valence electrons. The number of nitrogens with two attached hydrogens (primary N) is 1. The number of carbonyl (C=O) groups excluding carboxylic acids is 1. The predicted molar refractivity (Wildman–Crippen MR) is 67.1 cm³/mol. The molecule has 0 spiro atoms. The fourth-order valence-electron chi connectivity index (χ4n) is 1.64. The molecule has 21 heavy (non-hydrogen) atoms. The van der Waals surface area contributed by atoms with E-state index in [1.165, 1.54) is 6.92 Å². The topological polar surface area (TPSA) is 52.3 Å². The van der Waals surface area contributed by atoms with Crippen molar-refractivity contribution in [3.8, 4) is 0 Å². The lowest BCUT2D eigenvalue weighted by atomic mass is 9.96. The Kier molecular flexibility index (Phi) is 7.05. The van der Waals surface area contributed by atoms with Gasteiger partial charge in [-0.2, -0.15) is 13.2 Å². The maximum Gasteiger partial charge on any atom is 0.416 e. The van der Waals surface area contributed by atoms with Crippen LogP contribution in [0.2, 0.25) is 0 Å². The van der Waals surface area contributed by atoms with E-state index in [0.717, 1.165) is 6.07 Å². The van der Waals surface area contributed by atoms with E-state index in [1.54, 1.807) is 0 Å². The van der Waals surface area contributed by atoms with Gasteiger partial charge in [0.15, 0.2) is 0 Å². The van der Waals surface area contributed by atoms with Crippen molar-refractivity contribution in [1.82, 2.24) is 0 Å². The number of carbonyl (C=O) groups is 1. The molecule has 2 atom stereocenters. The second kappa shape index (κ2) is 7.56. The van der Waals surface area contributed by atoms with Gasteiger partial charge in [-0.25, -0.2) is 13.6 Å². The minimum Gasteiger partial charge on any atom is -0.464 e. The first-order chi connectivity index (χ1) is 9.20. The molecule has 9 heteroatoms. The molecule has 1 aromatic carbocycles. The first-order valence-electron chi connectivity index (χ1n) is 5.62. The third kappa shape index (κ3) is 4.53. The fraction of sp³-hybridized carbons (Fsp3) is 0.417. The van der Waals surface area contributed by atoms with Crippen molar-refractivity contribution in [3.63, 3.8) is 0 Å². The zero-order valence-corrected chi connectivity index (χ0v) is 11.6. The Morgan fingerprint density at radius 1 is 1.38 bits per heavy atom. The van der Waals surface area contributed by atoms with Crippen LogP contribution in [0.3, 0.4) is 0 Å². The Labute approximate surface area is 123 Å². The quantitative estimate of drug-likeness (QED) is 0.680. The molecule has 1 aromatic rings. The smallest absolute Gasteiger partial charge is 0.416 e. The Balaban J connectivity index is 0.00000400. The van der Waals surface area contributed by atoms with E-state index in [-0.39, 0.29) is 19.0 Å². The van der Waals surface area contributed by atoms with Gasteiger partial charge in [0, 0.05) is 5.56 Å². The summed E-state index contributed by atoms with van der Waals surface area (Å²) in [6.07, 6.45) is -7.50. The molecule has 0 bridgehead atoms. The molecule has 1 unspecified atom stereocenters. The van der Waals surface area contributed by atoms with Crippen LogP contribution in [0.15, 0.2) is 18.2 Å². The fourth-order valence-corrected chi connectivity index (χ4v) is 1.64. The summed E-state index contributed by atoms with van der Waals surface area (Å²) in [5.41, 5.74) is 2.74. The Morgan fingerprint density at radius 3 is 2.43 bits per heavy atom. The summed E-state index contributed by atoms with van der Waals surface area (Å²) in [7, 11) is 0. The summed E-state index contributed by atoms with van der Waals surface area (Å²) < 4.78 is 69.8. The lowest BCUT2D eigenvalue weighted by molar-refractivity contribution is -0.150. The van der Waals surface area contributed by atoms with E-state index >= 15 is 0 Å². The van der Waals surface area contributed by atoms with Crippen LogP contribution in [0.25, 0.3) is 0 Å². The third-order valence-corrected chi connectivity index (χ3v) is 2.52. The van der Waals surface area contributed by atoms with Crippen molar-refractivity contribution in [2.24, 2.45) is 5.73 Å². The highest BCUT2D eigenvalue weighted by atomic mass is 35.5. The van der Waals surface area contributed by atoms with Crippen LogP contribution in [-0.2, 0) is 15.7 Å². The van der Waals surface area contributed by atoms with Gasteiger partial charge >= 0.3 is 12.1 Å². The molecule has 0 aromatic heterocycles. The molecule has 0 fully saturated rings. The minimum absolute atomic E-state index is 0. The Morgan fingerprint density at radius 2 is 1.95 bits per heavy atom. The average Bonchev–Trinajstić information content (AvgIpc) is 2.36. The van der Waals surface area contributed by atoms with Crippen molar-refractivity contribution in [2.45, 2.75) is 25.3 Å². The van der Waals surface area contributed by atoms with Crippen molar-refractivity contribution >= 4 is 18.4 Å². The molecule has 0 saturated heterocycles. The van der Waals surface area contributed by atoms with Gasteiger partial charge in [-0.05, 0) is 19.1 Å². The molecule has 0 radical (unpaired) electrons. The highest BCUT2D eigenvalue weighted by Crippen LogP contribution is 2.36. The molecule has 0 amide bonds. The van der Waals surface area contributed by atoms with E-state index < -0.39 is 41.3 Å². The van der Waals surface area contributed by atoms with Crippen LogP contribution < -0.4 is 5.73 Å². The van der Waals surface area contributed by atoms with Gasteiger partial charge < -0.3 is 10.5 Å². The molecular formula is C12H13ClF5NO2. The molecule has 1 rings (SSSR count). The van der Waals surface area contributed by atoms with Crippen LogP contribution in [0.5, 0.6) is 0 Å². The van der Waals surface area contributed by atoms with Crippen LogP contribution in [0, 0.1) is 5.82 Å². The molecule has 0 aliphatic heterocycles. The number of hydrogen-bond donors (Lipinski definition) is 1. The minimum atomic E-state index is -4.91. The van der Waals surface area contributed by atoms with Crippen LogP contribution >= 0.6 is 12.4 Å². The summed E-state index contributed by atoms with van der Waals surface area (Å²) in [6, 6.07) is -0.00312. The first kappa shape index (κ1) is 19.6. The summed E-state index contributed by atoms with van der Waals surface area (Å²) in [4.78, 5) is 11.1. The van der Waals surface area contributed by atoms with Gasteiger partial charge in [0.1, 0.15) is 5.82 Å². The lowest BCUT2D eigenvalue weighted by Crippen LogP contribution is -2.33. The molecule has 3 nitrogen and oxygen atoms in total. The van der Waals surface area contributed by atoms with Crippen molar-refractivity contribution < 1.29 is 31.5 Å². The van der Waals surface area contributed by atoms with Crippen molar-refractivity contribution in [1.29, 1.82) is 0 Å². The zero-order valence-electron chi connectivity index (χ0n) is 10.8. The zero-order chi connectivity index (χ0) is 15.5. The second-order valence-electron chi connectivity index (χ2n) is 3.88. The standard InChI is InChI=1S/C12H12F5NO2.ClH/c1-2-20-11(19)9(14)10(18)8-6(12(15,16)17)4-3-5-7(8)13;/h3-5,9-10H,2,18H2,1H3;1H/t9?,10-;/m0./s1. The summed E-state index contributed by atoms with van der Waals surface area (Å²) >= 11 is 0. The van der Waals surface area contributed by atoms with Gasteiger partial charge in [-0.3, -0.25) is 0 Å². The monoisotopic (exact) mass is 333 g/mol. The summed E-state index contributed by atoms with van der Waals surface area (Å²) in [6.45, 7) is 1.22. The second-order valence-corrected chi connectivity index (χ2v) is 3.88. The van der Waals surface area contributed by atoms with Gasteiger partial charge in [-0.15, -0.1) is 12.4 Å². The van der Waals surface area contributed by atoms with E-state index in [2.05, 4.69) is 4.74 Å². The van der Waals surface area contributed by atoms with Crippen molar-refractivity contribution in [2.75, 3.05) is 6.61 Å². The number of ether oxygens (including phenoxy) is 1. The van der Waals surface area contributed by atoms with Gasteiger partial charge in [0.25, 0.3) is 0 Å². The van der Waals surface area contributed by atoms with E-state index in [1.807, 2.05) is 0 Å². The van der Waals surface area contributed by atoms with Gasteiger partial charge in [0.05, 0.1) is 18.2 Å². The Hall–Kier alpha value is -1.41. The molecule has 0 aliphatic rings.